The van der Waals surface area contributed by atoms with E-state index < -0.39 is 12.6 Å². The van der Waals surface area contributed by atoms with Gasteiger partial charge in [-0.1, -0.05) is 5.21 Å². The maximum Gasteiger partial charge on any atom is 0.361 e. The fourth-order valence-corrected chi connectivity index (χ4v) is 1.83. The Bertz CT molecular complexity index is 592. The van der Waals surface area contributed by atoms with Crippen LogP contribution in [-0.4, -0.2) is 43.8 Å². The highest BCUT2D eigenvalue weighted by Gasteiger charge is 2.24. The first-order valence-electron chi connectivity index (χ1n) is 6.33. The smallest absolute Gasteiger partial charge is 0.361 e. The second-order valence-corrected chi connectivity index (χ2v) is 4.13. The average Bonchev–Trinajstić information content (AvgIpc) is 3.02. The van der Waals surface area contributed by atoms with Crippen LogP contribution in [0.1, 0.15) is 23.8 Å². The number of imidazole rings is 1. The van der Waals surface area contributed by atoms with Crippen molar-refractivity contribution in [1.82, 2.24) is 24.5 Å². The third kappa shape index (κ3) is 2.68. The molecule has 108 valence electrons. The number of halogens is 1. The van der Waals surface area contributed by atoms with Crippen molar-refractivity contribution < 1.29 is 13.9 Å². The lowest BCUT2D eigenvalue weighted by molar-refractivity contribution is 0.0520. The molecule has 0 aliphatic heterocycles. The molecule has 0 N–H and O–H groups in total. The number of nitrogens with zero attached hydrogens (tertiary/aromatic N) is 5. The van der Waals surface area contributed by atoms with Crippen LogP contribution >= 0.6 is 0 Å². The zero-order chi connectivity index (χ0) is 14.5. The maximum atomic E-state index is 12.3. The number of rotatable bonds is 6. The highest BCUT2D eigenvalue weighted by atomic mass is 19.1. The van der Waals surface area contributed by atoms with Crippen molar-refractivity contribution in [3.8, 4) is 11.5 Å². The Kier molecular flexibility index (Phi) is 4.44. The summed E-state index contributed by atoms with van der Waals surface area (Å²) in [6.07, 6.45) is 3.65. The summed E-state index contributed by atoms with van der Waals surface area (Å²) in [5.74, 6) is -0.0195. The molecule has 2 aromatic heterocycles. The number of hydrogen-bond donors (Lipinski definition) is 0. The summed E-state index contributed by atoms with van der Waals surface area (Å²) < 4.78 is 20.5. The molecular weight excluding hydrogens is 265 g/mol. The van der Waals surface area contributed by atoms with Crippen molar-refractivity contribution in [1.29, 1.82) is 0 Å². The molecule has 2 heterocycles. The lowest BCUT2D eigenvalue weighted by Crippen LogP contribution is -2.11. The molecule has 8 heteroatoms. The summed E-state index contributed by atoms with van der Waals surface area (Å²) >= 11 is 0. The van der Waals surface area contributed by atoms with Gasteiger partial charge >= 0.3 is 5.97 Å². The summed E-state index contributed by atoms with van der Waals surface area (Å²) in [6.45, 7) is 1.82. The van der Waals surface area contributed by atoms with E-state index >= 15 is 0 Å². The Hall–Kier alpha value is -2.25. The lowest BCUT2D eigenvalue weighted by Gasteiger charge is -2.07. The molecule has 0 aliphatic carbocycles. The predicted octanol–water partition coefficient (Wildman–Crippen LogP) is 1.21. The second-order valence-electron chi connectivity index (χ2n) is 4.13. The van der Waals surface area contributed by atoms with Gasteiger partial charge in [-0.15, -0.1) is 5.10 Å². The van der Waals surface area contributed by atoms with E-state index in [-0.39, 0.29) is 12.3 Å². The molecule has 0 unspecified atom stereocenters. The van der Waals surface area contributed by atoms with Gasteiger partial charge in [0.15, 0.2) is 5.82 Å². The maximum absolute atomic E-state index is 12.3. The fraction of sp³-hybridized carbons (Fsp3) is 0.500. The Balaban J connectivity index is 2.45. The first kappa shape index (κ1) is 14.2. The first-order valence-corrected chi connectivity index (χ1v) is 6.33. The monoisotopic (exact) mass is 281 g/mol. The molecule has 0 saturated heterocycles. The Morgan fingerprint density at radius 3 is 2.90 bits per heavy atom. The predicted molar refractivity (Wildman–Crippen MR) is 68.8 cm³/mol. The van der Waals surface area contributed by atoms with E-state index in [1.165, 1.54) is 4.68 Å². The Labute approximate surface area is 115 Å². The van der Waals surface area contributed by atoms with E-state index in [0.29, 0.717) is 24.5 Å². The molecule has 0 saturated carbocycles. The van der Waals surface area contributed by atoms with E-state index in [1.54, 1.807) is 30.9 Å². The lowest BCUT2D eigenvalue weighted by atomic mass is 10.3. The standard InChI is InChI=1S/C12H16FN5O2/c1-3-20-12(19)9-10(11-14-6-8-17(11)2)18(16-15-9)7-4-5-13/h6,8H,3-5,7H2,1-2H3. The van der Waals surface area contributed by atoms with Gasteiger partial charge in [0.05, 0.1) is 13.3 Å². The van der Waals surface area contributed by atoms with Gasteiger partial charge in [0, 0.05) is 26.0 Å². The van der Waals surface area contributed by atoms with Gasteiger partial charge in [0.1, 0.15) is 5.69 Å². The number of hydrogen-bond acceptors (Lipinski definition) is 5. The van der Waals surface area contributed by atoms with Crippen molar-refractivity contribution in [2.75, 3.05) is 13.3 Å². The molecule has 0 bridgehead atoms. The Morgan fingerprint density at radius 1 is 1.50 bits per heavy atom. The van der Waals surface area contributed by atoms with Gasteiger partial charge in [-0.25, -0.2) is 14.5 Å². The molecule has 0 spiro atoms. The van der Waals surface area contributed by atoms with Crippen molar-refractivity contribution >= 4 is 5.97 Å². The SMILES string of the molecule is CCOC(=O)c1nnn(CCCF)c1-c1nccn1C. The van der Waals surface area contributed by atoms with E-state index in [9.17, 15) is 9.18 Å². The van der Waals surface area contributed by atoms with Gasteiger partial charge in [-0.3, -0.25) is 4.39 Å². The number of esters is 1. The summed E-state index contributed by atoms with van der Waals surface area (Å²) in [4.78, 5) is 16.1. The highest BCUT2D eigenvalue weighted by molar-refractivity contribution is 5.93. The van der Waals surface area contributed by atoms with E-state index in [2.05, 4.69) is 15.3 Å². The summed E-state index contributed by atoms with van der Waals surface area (Å²) in [7, 11) is 1.80. The van der Waals surface area contributed by atoms with Crippen LogP contribution in [0.3, 0.4) is 0 Å². The molecule has 7 nitrogen and oxygen atoms in total. The van der Waals surface area contributed by atoms with Crippen LogP contribution in [0, 0.1) is 0 Å². The molecular formula is C12H16FN5O2. The van der Waals surface area contributed by atoms with Crippen LogP contribution < -0.4 is 0 Å². The van der Waals surface area contributed by atoms with Crippen LogP contribution in [0.15, 0.2) is 12.4 Å². The summed E-state index contributed by atoms with van der Waals surface area (Å²) in [5.41, 5.74) is 0.546. The third-order valence-corrected chi connectivity index (χ3v) is 2.74. The molecule has 2 rings (SSSR count). The minimum Gasteiger partial charge on any atom is -0.461 e. The summed E-state index contributed by atoms with van der Waals surface area (Å²) in [5, 5.41) is 7.75. The average molecular weight is 281 g/mol. The molecule has 20 heavy (non-hydrogen) atoms. The number of carbonyl (C=O) groups is 1. The molecule has 0 fully saturated rings. The zero-order valence-electron chi connectivity index (χ0n) is 11.4. The molecule has 2 aromatic rings. The number of carbonyl (C=O) groups excluding carboxylic acids is 1. The minimum atomic E-state index is -0.558. The third-order valence-electron chi connectivity index (χ3n) is 2.74. The molecule has 0 radical (unpaired) electrons. The number of aryl methyl sites for hydroxylation is 2. The first-order chi connectivity index (χ1) is 9.69. The van der Waals surface area contributed by atoms with Crippen molar-refractivity contribution in [3.05, 3.63) is 18.1 Å². The van der Waals surface area contributed by atoms with Gasteiger partial charge in [-0.2, -0.15) is 0 Å². The van der Waals surface area contributed by atoms with Crippen molar-refractivity contribution in [2.45, 2.75) is 19.9 Å². The number of alkyl halides is 1. The highest BCUT2D eigenvalue weighted by Crippen LogP contribution is 2.21. The molecule has 0 atom stereocenters. The van der Waals surface area contributed by atoms with Crippen LogP contribution in [0.5, 0.6) is 0 Å². The van der Waals surface area contributed by atoms with Crippen LogP contribution in [-0.2, 0) is 18.3 Å². The number of ether oxygens (including phenoxy) is 1. The zero-order valence-corrected chi connectivity index (χ0v) is 11.4. The van der Waals surface area contributed by atoms with Crippen molar-refractivity contribution in [3.63, 3.8) is 0 Å². The van der Waals surface area contributed by atoms with Crippen molar-refractivity contribution in [2.24, 2.45) is 7.05 Å². The van der Waals surface area contributed by atoms with Gasteiger partial charge in [-0.05, 0) is 13.3 Å². The molecule has 0 aromatic carbocycles. The second kappa shape index (κ2) is 6.27. The van der Waals surface area contributed by atoms with Crippen LogP contribution in [0.25, 0.3) is 11.5 Å². The van der Waals surface area contributed by atoms with Crippen LogP contribution in [0.2, 0.25) is 0 Å². The largest absolute Gasteiger partial charge is 0.461 e. The van der Waals surface area contributed by atoms with Gasteiger partial charge in [0.2, 0.25) is 5.69 Å². The van der Waals surface area contributed by atoms with E-state index in [4.69, 9.17) is 4.74 Å². The van der Waals surface area contributed by atoms with Gasteiger partial charge < -0.3 is 9.30 Å². The normalized spacial score (nSPS) is 10.8. The van der Waals surface area contributed by atoms with Crippen LogP contribution in [0.4, 0.5) is 4.39 Å². The molecule has 0 aliphatic rings. The summed E-state index contributed by atoms with van der Waals surface area (Å²) in [6, 6.07) is 0. The van der Waals surface area contributed by atoms with E-state index in [1.807, 2.05) is 0 Å². The molecule has 0 amide bonds. The fourth-order valence-electron chi connectivity index (χ4n) is 1.83. The minimum absolute atomic E-state index is 0.0972. The Morgan fingerprint density at radius 2 is 2.30 bits per heavy atom. The quantitative estimate of drug-likeness (QED) is 0.744. The number of aromatic nitrogens is 5. The van der Waals surface area contributed by atoms with Gasteiger partial charge in [0.25, 0.3) is 0 Å². The van der Waals surface area contributed by atoms with E-state index in [0.717, 1.165) is 0 Å². The topological polar surface area (TPSA) is 74.8 Å².